The van der Waals surface area contributed by atoms with Gasteiger partial charge in [0, 0.05) is 12.1 Å². The van der Waals surface area contributed by atoms with E-state index in [0.717, 1.165) is 18.9 Å². The van der Waals surface area contributed by atoms with Crippen LogP contribution in [0.5, 0.6) is 0 Å². The zero-order chi connectivity index (χ0) is 19.6. The van der Waals surface area contributed by atoms with Gasteiger partial charge in [0.25, 0.3) is 5.69 Å². The molecule has 1 aliphatic carbocycles. The zero-order valence-electron chi connectivity index (χ0n) is 13.9. The van der Waals surface area contributed by atoms with Gasteiger partial charge in [-0.25, -0.2) is 17.9 Å². The van der Waals surface area contributed by atoms with Crippen molar-refractivity contribution >= 4 is 33.3 Å². The molecule has 142 valence electrons. The van der Waals surface area contributed by atoms with E-state index in [4.69, 9.17) is 16.3 Å². The van der Waals surface area contributed by atoms with Crippen molar-refractivity contribution in [3.05, 3.63) is 68.7 Å². The highest BCUT2D eigenvalue weighted by Crippen LogP contribution is 2.27. The minimum Gasteiger partial charge on any atom is -0.457 e. The summed E-state index contributed by atoms with van der Waals surface area (Å²) in [6, 6.07) is 9.53. The van der Waals surface area contributed by atoms with Crippen molar-refractivity contribution in [3.63, 3.8) is 0 Å². The van der Waals surface area contributed by atoms with E-state index in [0.29, 0.717) is 0 Å². The standard InChI is InChI=1S/C17H15ClN2O6S/c18-14-8-5-11(9-16(14)27(24,25)19-13-6-7-13)17(21)26-10-12-3-1-2-4-15(12)20(22)23/h1-5,8-9,13,19H,6-7,10H2. The van der Waals surface area contributed by atoms with Gasteiger partial charge >= 0.3 is 5.97 Å². The summed E-state index contributed by atoms with van der Waals surface area (Å²) in [4.78, 5) is 22.5. The lowest BCUT2D eigenvalue weighted by atomic mass is 10.2. The Morgan fingerprint density at radius 1 is 1.26 bits per heavy atom. The Kier molecular flexibility index (Phi) is 5.45. The minimum absolute atomic E-state index is 0.0154. The number of nitrogens with zero attached hydrogens (tertiary/aromatic N) is 1. The van der Waals surface area contributed by atoms with Gasteiger partial charge in [-0.15, -0.1) is 0 Å². The van der Waals surface area contributed by atoms with Crippen molar-refractivity contribution in [2.45, 2.75) is 30.4 Å². The molecule has 1 fully saturated rings. The highest BCUT2D eigenvalue weighted by Gasteiger charge is 2.30. The topological polar surface area (TPSA) is 116 Å². The molecule has 1 N–H and O–H groups in total. The van der Waals surface area contributed by atoms with Crippen LogP contribution in [0.25, 0.3) is 0 Å². The van der Waals surface area contributed by atoms with Crippen LogP contribution in [0, 0.1) is 10.1 Å². The van der Waals surface area contributed by atoms with Crippen LogP contribution in [0.3, 0.4) is 0 Å². The first kappa shape index (κ1) is 19.3. The summed E-state index contributed by atoms with van der Waals surface area (Å²) in [5.74, 6) is -0.812. The number of nitro benzene ring substituents is 1. The lowest BCUT2D eigenvalue weighted by Gasteiger charge is -2.10. The monoisotopic (exact) mass is 410 g/mol. The van der Waals surface area contributed by atoms with Crippen molar-refractivity contribution in [2.24, 2.45) is 0 Å². The number of ether oxygens (including phenoxy) is 1. The van der Waals surface area contributed by atoms with Gasteiger partial charge < -0.3 is 4.74 Å². The molecule has 2 aromatic rings. The Labute approximate surface area is 160 Å². The number of nitrogens with one attached hydrogen (secondary N) is 1. The first-order valence-corrected chi connectivity index (χ1v) is 9.85. The molecule has 1 aliphatic rings. The summed E-state index contributed by atoms with van der Waals surface area (Å²) in [6.45, 7) is -0.318. The Morgan fingerprint density at radius 3 is 2.63 bits per heavy atom. The van der Waals surface area contributed by atoms with Gasteiger partial charge in [-0.05, 0) is 37.1 Å². The highest BCUT2D eigenvalue weighted by atomic mass is 35.5. The quantitative estimate of drug-likeness (QED) is 0.426. The minimum atomic E-state index is -3.85. The Morgan fingerprint density at radius 2 is 1.96 bits per heavy atom. The fourth-order valence-electron chi connectivity index (χ4n) is 2.36. The van der Waals surface area contributed by atoms with Gasteiger partial charge in [-0.3, -0.25) is 10.1 Å². The third-order valence-electron chi connectivity index (χ3n) is 3.90. The number of rotatable bonds is 7. The number of benzene rings is 2. The second-order valence-corrected chi connectivity index (χ2v) is 8.09. The maximum Gasteiger partial charge on any atom is 0.338 e. The third-order valence-corrected chi connectivity index (χ3v) is 5.90. The fraction of sp³-hybridized carbons (Fsp3) is 0.235. The molecule has 8 nitrogen and oxygen atoms in total. The van der Waals surface area contributed by atoms with Gasteiger partial charge in [0.05, 0.1) is 21.1 Å². The molecule has 0 atom stereocenters. The number of carbonyl (C=O) groups is 1. The van der Waals surface area contributed by atoms with E-state index in [1.807, 2.05) is 0 Å². The van der Waals surface area contributed by atoms with E-state index in [9.17, 15) is 23.3 Å². The normalized spacial score (nSPS) is 14.0. The molecule has 1 saturated carbocycles. The Hall–Kier alpha value is -2.49. The van der Waals surface area contributed by atoms with Crippen LogP contribution in [0.15, 0.2) is 47.4 Å². The molecule has 0 aromatic heterocycles. The molecule has 0 amide bonds. The van der Waals surface area contributed by atoms with E-state index >= 15 is 0 Å². The van der Waals surface area contributed by atoms with Crippen LogP contribution in [-0.2, 0) is 21.4 Å². The molecule has 0 unspecified atom stereocenters. The van der Waals surface area contributed by atoms with Crippen LogP contribution in [0.1, 0.15) is 28.8 Å². The van der Waals surface area contributed by atoms with E-state index in [1.54, 1.807) is 6.07 Å². The molecule has 10 heteroatoms. The second kappa shape index (κ2) is 7.63. The van der Waals surface area contributed by atoms with E-state index < -0.39 is 20.9 Å². The van der Waals surface area contributed by atoms with Crippen LogP contribution in [0.2, 0.25) is 5.02 Å². The van der Waals surface area contributed by atoms with Crippen LogP contribution < -0.4 is 4.72 Å². The molecule has 0 heterocycles. The van der Waals surface area contributed by atoms with E-state index in [1.165, 1.54) is 30.3 Å². The fourth-order valence-corrected chi connectivity index (χ4v) is 4.19. The summed E-state index contributed by atoms with van der Waals surface area (Å²) < 4.78 is 32.3. The number of nitro groups is 1. The maximum absolute atomic E-state index is 12.4. The van der Waals surface area contributed by atoms with Gasteiger partial charge in [0.2, 0.25) is 10.0 Å². The number of carbonyl (C=O) groups excluding carboxylic acids is 1. The molecule has 0 aliphatic heterocycles. The summed E-state index contributed by atoms with van der Waals surface area (Å²) in [7, 11) is -3.85. The van der Waals surface area contributed by atoms with Crippen molar-refractivity contribution < 1.29 is 22.9 Å². The average Bonchev–Trinajstić information content (AvgIpc) is 3.43. The second-order valence-electron chi connectivity index (χ2n) is 6.00. The molecule has 27 heavy (non-hydrogen) atoms. The predicted molar refractivity (Wildman–Crippen MR) is 97.0 cm³/mol. The number of esters is 1. The predicted octanol–water partition coefficient (Wildman–Crippen LogP) is 3.05. The number of hydrogen-bond acceptors (Lipinski definition) is 6. The molecule has 0 spiro atoms. The highest BCUT2D eigenvalue weighted by molar-refractivity contribution is 7.89. The lowest BCUT2D eigenvalue weighted by Crippen LogP contribution is -2.26. The van der Waals surface area contributed by atoms with Crippen LogP contribution in [-0.4, -0.2) is 25.4 Å². The molecular formula is C17H15ClN2O6S. The Balaban J connectivity index is 1.78. The van der Waals surface area contributed by atoms with Crippen LogP contribution in [0.4, 0.5) is 5.69 Å². The molecule has 2 aromatic carbocycles. The number of sulfonamides is 1. The van der Waals surface area contributed by atoms with Crippen molar-refractivity contribution in [1.82, 2.24) is 4.72 Å². The SMILES string of the molecule is O=C(OCc1ccccc1[N+](=O)[O-])c1ccc(Cl)c(S(=O)(=O)NC2CC2)c1. The van der Waals surface area contributed by atoms with Gasteiger partial charge in [-0.2, -0.15) is 0 Å². The average molecular weight is 411 g/mol. The van der Waals surface area contributed by atoms with Crippen molar-refractivity contribution in [3.8, 4) is 0 Å². The lowest BCUT2D eigenvalue weighted by molar-refractivity contribution is -0.385. The molecule has 3 rings (SSSR count). The van der Waals surface area contributed by atoms with Gasteiger partial charge in [0.1, 0.15) is 11.5 Å². The van der Waals surface area contributed by atoms with Crippen molar-refractivity contribution in [1.29, 1.82) is 0 Å². The molecule has 0 saturated heterocycles. The van der Waals surface area contributed by atoms with Crippen LogP contribution >= 0.6 is 11.6 Å². The van der Waals surface area contributed by atoms with E-state index in [2.05, 4.69) is 4.72 Å². The first-order valence-electron chi connectivity index (χ1n) is 7.99. The van der Waals surface area contributed by atoms with E-state index in [-0.39, 0.29) is 39.4 Å². The molecular weight excluding hydrogens is 396 g/mol. The largest absolute Gasteiger partial charge is 0.457 e. The third kappa shape index (κ3) is 4.62. The Bertz CT molecular complexity index is 1000. The maximum atomic E-state index is 12.4. The van der Waals surface area contributed by atoms with Crippen molar-refractivity contribution in [2.75, 3.05) is 0 Å². The molecule has 0 radical (unpaired) electrons. The van der Waals surface area contributed by atoms with Gasteiger partial charge in [0.15, 0.2) is 0 Å². The summed E-state index contributed by atoms with van der Waals surface area (Å²) in [6.07, 6.45) is 1.52. The zero-order valence-corrected chi connectivity index (χ0v) is 15.5. The first-order chi connectivity index (χ1) is 12.8. The number of para-hydroxylation sites is 1. The summed E-state index contributed by atoms with van der Waals surface area (Å²) in [5, 5.41) is 11.0. The number of hydrogen-bond donors (Lipinski definition) is 1. The molecule has 0 bridgehead atoms. The van der Waals surface area contributed by atoms with Gasteiger partial charge in [-0.1, -0.05) is 23.7 Å². The number of halogens is 1. The smallest absolute Gasteiger partial charge is 0.338 e. The summed E-state index contributed by atoms with van der Waals surface area (Å²) >= 11 is 5.97. The summed E-state index contributed by atoms with van der Waals surface area (Å²) in [5.41, 5.74) is 0.0421.